The molecule has 5 nitrogen and oxygen atoms in total. The van der Waals surface area contributed by atoms with Crippen LogP contribution in [0.2, 0.25) is 0 Å². The lowest BCUT2D eigenvalue weighted by atomic mass is 10.4. The van der Waals surface area contributed by atoms with Gasteiger partial charge in [-0.3, -0.25) is 9.78 Å². The number of H-pyrrole nitrogens is 2. The van der Waals surface area contributed by atoms with Crippen LogP contribution in [0.1, 0.15) is 5.56 Å². The van der Waals surface area contributed by atoms with E-state index in [0.29, 0.717) is 16.0 Å². The molecule has 0 aliphatic carbocycles. The van der Waals surface area contributed by atoms with Crippen molar-refractivity contribution in [1.82, 2.24) is 9.97 Å². The molecule has 1 heterocycles. The largest absolute Gasteiger partial charge is 0.442 e. The van der Waals surface area contributed by atoms with Gasteiger partial charge in [0.15, 0.2) is 0 Å². The minimum Gasteiger partial charge on any atom is -0.442 e. The van der Waals surface area contributed by atoms with Gasteiger partial charge in [-0.25, -0.2) is 4.79 Å². The second kappa shape index (κ2) is 4.64. The van der Waals surface area contributed by atoms with Gasteiger partial charge < -0.3 is 9.78 Å². The highest BCUT2D eigenvalue weighted by Gasteiger charge is 1.88. The maximum absolute atomic E-state index is 10.6. The van der Waals surface area contributed by atoms with E-state index in [9.17, 15) is 9.59 Å². The van der Waals surface area contributed by atoms with E-state index in [1.165, 1.54) is 6.20 Å². The fourth-order valence-corrected chi connectivity index (χ4v) is 0.477. The van der Waals surface area contributed by atoms with Crippen molar-refractivity contribution in [2.45, 2.75) is 6.92 Å². The van der Waals surface area contributed by atoms with Gasteiger partial charge in [0.1, 0.15) is 10.5 Å². The Bertz CT molecular complexity index is 316. The molecule has 62 valence electrons. The molecule has 0 atom stereocenters. The van der Waals surface area contributed by atoms with Crippen LogP contribution in [0.5, 0.6) is 0 Å². The van der Waals surface area contributed by atoms with Gasteiger partial charge in [-0.15, -0.1) is 0 Å². The van der Waals surface area contributed by atoms with Crippen molar-refractivity contribution in [3.8, 4) is 0 Å². The zero-order valence-corrected chi connectivity index (χ0v) is 8.34. The number of aromatic nitrogens is 2. The number of aryl methyl sites for hydroxylation is 1. The van der Waals surface area contributed by atoms with Crippen LogP contribution in [0.15, 0.2) is 15.8 Å². The minimum atomic E-state index is -0.467. The van der Waals surface area contributed by atoms with E-state index in [-0.39, 0.29) is 5.56 Å². The Hall–Kier alpha value is -1.14. The third kappa shape index (κ3) is 2.96. The summed E-state index contributed by atoms with van der Waals surface area (Å²) in [7, 11) is 0.306. The third-order valence-electron chi connectivity index (χ3n) is 1.00. The van der Waals surface area contributed by atoms with Crippen LogP contribution < -0.4 is 11.2 Å². The highest BCUT2D eigenvalue weighted by atomic mass is 28.2. The molecule has 1 rings (SSSR count). The van der Waals surface area contributed by atoms with E-state index in [4.69, 9.17) is 4.80 Å². The van der Waals surface area contributed by atoms with E-state index >= 15 is 0 Å². The van der Waals surface area contributed by atoms with E-state index in [2.05, 4.69) is 9.97 Å². The molecule has 0 aromatic carbocycles. The SMILES string of the molecule is Cc1c[nH]c(=O)[nH]c1=O.O[SiH3]. The van der Waals surface area contributed by atoms with Crippen LogP contribution >= 0.6 is 0 Å². The third-order valence-corrected chi connectivity index (χ3v) is 1.00. The monoisotopic (exact) mass is 174 g/mol. The average Bonchev–Trinajstić information content (AvgIpc) is 2.02. The Morgan fingerprint density at radius 3 is 2.36 bits per heavy atom. The van der Waals surface area contributed by atoms with Gasteiger partial charge in [-0.2, -0.15) is 0 Å². The summed E-state index contributed by atoms with van der Waals surface area (Å²) in [5.41, 5.74) is -0.293. The van der Waals surface area contributed by atoms with E-state index in [1.807, 2.05) is 0 Å². The molecule has 0 unspecified atom stereocenters. The molecule has 0 saturated carbocycles. The first-order valence-corrected chi connectivity index (χ1v) is 3.83. The summed E-state index contributed by atoms with van der Waals surface area (Å²) in [5.74, 6) is 0. The van der Waals surface area contributed by atoms with Crippen molar-refractivity contribution in [3.05, 3.63) is 32.6 Å². The lowest BCUT2D eigenvalue weighted by Gasteiger charge is -1.84. The highest BCUT2D eigenvalue weighted by Crippen LogP contribution is 1.73. The first-order valence-electron chi connectivity index (χ1n) is 2.93. The Kier molecular flexibility index (Phi) is 4.16. The first kappa shape index (κ1) is 9.86. The van der Waals surface area contributed by atoms with Crippen LogP contribution in [0.3, 0.4) is 0 Å². The van der Waals surface area contributed by atoms with E-state index < -0.39 is 5.69 Å². The maximum Gasteiger partial charge on any atom is 0.325 e. The van der Waals surface area contributed by atoms with Gasteiger partial charge in [0.2, 0.25) is 0 Å². The highest BCUT2D eigenvalue weighted by molar-refractivity contribution is 5.95. The fourth-order valence-electron chi connectivity index (χ4n) is 0.477. The summed E-state index contributed by atoms with van der Waals surface area (Å²) < 4.78 is 0. The Morgan fingerprint density at radius 2 is 2.00 bits per heavy atom. The zero-order chi connectivity index (χ0) is 8.85. The molecule has 3 N–H and O–H groups in total. The van der Waals surface area contributed by atoms with Crippen LogP contribution in [-0.2, 0) is 0 Å². The second-order valence-corrected chi connectivity index (χ2v) is 1.75. The van der Waals surface area contributed by atoms with Gasteiger partial charge >= 0.3 is 5.69 Å². The number of aromatic amines is 2. The smallest absolute Gasteiger partial charge is 0.325 e. The van der Waals surface area contributed by atoms with E-state index in [1.54, 1.807) is 6.92 Å². The molecule has 1 aromatic rings. The maximum atomic E-state index is 10.6. The van der Waals surface area contributed by atoms with Crippen molar-refractivity contribution in [3.63, 3.8) is 0 Å². The molecule has 11 heavy (non-hydrogen) atoms. The Labute approximate surface area is 65.7 Å². The molecular formula is C5H10N2O3Si. The molecule has 0 saturated heterocycles. The molecule has 1 aromatic heterocycles. The molecule has 0 amide bonds. The number of nitrogens with one attached hydrogen (secondary N) is 2. The van der Waals surface area contributed by atoms with Gasteiger partial charge in [0, 0.05) is 11.8 Å². The molecule has 0 bridgehead atoms. The van der Waals surface area contributed by atoms with Gasteiger partial charge in [0.25, 0.3) is 5.56 Å². The molecule has 0 spiro atoms. The fraction of sp³-hybridized carbons (Fsp3) is 0.200. The summed E-state index contributed by atoms with van der Waals surface area (Å²) in [4.78, 5) is 32.4. The summed E-state index contributed by atoms with van der Waals surface area (Å²) >= 11 is 0. The Balaban J connectivity index is 0.000000461. The van der Waals surface area contributed by atoms with Crippen molar-refractivity contribution in [2.24, 2.45) is 0 Å². The van der Waals surface area contributed by atoms with Crippen LogP contribution in [0, 0.1) is 6.92 Å². The standard InChI is InChI=1S/C5H6N2O2.H4OSi/c1-3-2-6-5(9)7-4(3)8;1-2/h2H,1H3,(H2,6,7,8,9);1H,2H3. The molecule has 0 aliphatic rings. The lowest BCUT2D eigenvalue weighted by molar-refractivity contribution is 0.629. The van der Waals surface area contributed by atoms with Crippen LogP contribution in [-0.4, -0.2) is 25.2 Å². The quantitative estimate of drug-likeness (QED) is 0.384. The number of rotatable bonds is 0. The lowest BCUT2D eigenvalue weighted by Crippen LogP contribution is -2.22. The van der Waals surface area contributed by atoms with E-state index in [0.717, 1.165) is 0 Å². The van der Waals surface area contributed by atoms with Crippen molar-refractivity contribution >= 4 is 10.5 Å². The van der Waals surface area contributed by atoms with Gasteiger partial charge in [-0.05, 0) is 6.92 Å². The van der Waals surface area contributed by atoms with Crippen LogP contribution in [0.25, 0.3) is 0 Å². The van der Waals surface area contributed by atoms with Crippen LogP contribution in [0.4, 0.5) is 0 Å². The summed E-state index contributed by atoms with van der Waals surface area (Å²) in [6, 6.07) is 0. The molecular weight excluding hydrogens is 164 g/mol. The van der Waals surface area contributed by atoms with Gasteiger partial charge in [-0.1, -0.05) is 0 Å². The number of hydrogen-bond acceptors (Lipinski definition) is 3. The average molecular weight is 174 g/mol. The predicted molar refractivity (Wildman–Crippen MR) is 44.6 cm³/mol. The summed E-state index contributed by atoms with van der Waals surface area (Å²) in [6.07, 6.45) is 1.38. The summed E-state index contributed by atoms with van der Waals surface area (Å²) in [6.45, 7) is 1.62. The summed E-state index contributed by atoms with van der Waals surface area (Å²) in [5, 5.41) is 0. The molecule has 0 aliphatic heterocycles. The molecule has 0 fully saturated rings. The number of hydrogen-bond donors (Lipinski definition) is 3. The minimum absolute atomic E-state index is 0.306. The Morgan fingerprint density at radius 1 is 1.45 bits per heavy atom. The van der Waals surface area contributed by atoms with Crippen molar-refractivity contribution in [2.75, 3.05) is 0 Å². The second-order valence-electron chi connectivity index (χ2n) is 1.75. The van der Waals surface area contributed by atoms with Crippen molar-refractivity contribution in [1.29, 1.82) is 0 Å². The molecule has 6 heteroatoms. The molecule has 0 radical (unpaired) electrons. The zero-order valence-electron chi connectivity index (χ0n) is 6.34. The predicted octanol–water partition coefficient (Wildman–Crippen LogP) is -2.37. The topological polar surface area (TPSA) is 86.0 Å². The normalized spacial score (nSPS) is 8.55. The first-order chi connectivity index (χ1) is 5.20. The van der Waals surface area contributed by atoms with Gasteiger partial charge in [0.05, 0.1) is 0 Å². The van der Waals surface area contributed by atoms with Crippen molar-refractivity contribution < 1.29 is 4.80 Å².